The van der Waals surface area contributed by atoms with Crippen molar-refractivity contribution in [2.75, 3.05) is 31.5 Å². The van der Waals surface area contributed by atoms with Crippen molar-refractivity contribution in [1.29, 1.82) is 5.26 Å². The van der Waals surface area contributed by atoms with E-state index in [1.807, 2.05) is 42.5 Å². The van der Waals surface area contributed by atoms with Gasteiger partial charge in [-0.1, -0.05) is 18.2 Å². The average molecular weight is 577 g/mol. The Balaban J connectivity index is 1.31. The quantitative estimate of drug-likeness (QED) is 0.236. The number of nitrogens with zero attached hydrogens (tertiary/aromatic N) is 1. The molecule has 2 aliphatic heterocycles. The van der Waals surface area contributed by atoms with Gasteiger partial charge in [0.25, 0.3) is 5.91 Å². The smallest absolute Gasteiger partial charge is 0.255 e. The van der Waals surface area contributed by atoms with Crippen LogP contribution < -0.4 is 25.4 Å². The fraction of sp³-hybridized carbons (Fsp3) is 0.257. The zero-order valence-corrected chi connectivity index (χ0v) is 24.0. The highest BCUT2D eigenvalue weighted by atomic mass is 19.1. The number of rotatable bonds is 8. The van der Waals surface area contributed by atoms with Gasteiger partial charge in [0, 0.05) is 35.5 Å². The zero-order valence-electron chi connectivity index (χ0n) is 24.0. The molecule has 0 spiro atoms. The van der Waals surface area contributed by atoms with Crippen LogP contribution in [0.2, 0.25) is 0 Å². The molecule has 0 aromatic heterocycles. The van der Waals surface area contributed by atoms with Crippen LogP contribution in [0.4, 0.5) is 10.1 Å². The van der Waals surface area contributed by atoms with Gasteiger partial charge in [0.2, 0.25) is 0 Å². The number of halogens is 1. The van der Waals surface area contributed by atoms with Crippen LogP contribution in [0.15, 0.2) is 78.9 Å². The summed E-state index contributed by atoms with van der Waals surface area (Å²) >= 11 is 0. The molecule has 2 aliphatic rings. The van der Waals surface area contributed by atoms with Gasteiger partial charge in [-0.15, -0.1) is 0 Å². The summed E-state index contributed by atoms with van der Waals surface area (Å²) in [6.07, 6.45) is 1.87. The predicted octanol–water partition coefficient (Wildman–Crippen LogP) is 6.07. The van der Waals surface area contributed by atoms with E-state index < -0.39 is 0 Å². The van der Waals surface area contributed by atoms with Gasteiger partial charge < -0.3 is 25.4 Å². The second-order valence-corrected chi connectivity index (χ2v) is 11.0. The van der Waals surface area contributed by atoms with Gasteiger partial charge in [0.15, 0.2) is 0 Å². The molecular formula is C35H33FN4O3. The maximum absolute atomic E-state index is 14.1. The molecule has 0 unspecified atom stereocenters. The number of amides is 1. The van der Waals surface area contributed by atoms with E-state index in [0.29, 0.717) is 33.9 Å². The number of carbonyl (C=O) groups is 1. The first kappa shape index (κ1) is 28.4. The fourth-order valence-electron chi connectivity index (χ4n) is 5.52. The molecule has 1 amide bonds. The number of anilines is 1. The van der Waals surface area contributed by atoms with Crippen molar-refractivity contribution in [3.63, 3.8) is 0 Å². The van der Waals surface area contributed by atoms with Gasteiger partial charge >= 0.3 is 0 Å². The van der Waals surface area contributed by atoms with E-state index in [2.05, 4.69) is 22.0 Å². The number of benzene rings is 4. The molecule has 6 rings (SSSR count). The van der Waals surface area contributed by atoms with E-state index in [4.69, 9.17) is 9.47 Å². The van der Waals surface area contributed by atoms with Crippen molar-refractivity contribution in [3.05, 3.63) is 101 Å². The summed E-state index contributed by atoms with van der Waals surface area (Å²) < 4.78 is 26.7. The highest BCUT2D eigenvalue weighted by molar-refractivity contribution is 6.05. The first-order valence-corrected chi connectivity index (χ1v) is 14.6. The lowest BCUT2D eigenvalue weighted by Gasteiger charge is -2.19. The molecule has 2 saturated heterocycles. The van der Waals surface area contributed by atoms with Crippen molar-refractivity contribution < 1.29 is 18.7 Å². The first-order chi connectivity index (χ1) is 21.0. The third-order valence-electron chi connectivity index (χ3n) is 7.87. The Kier molecular flexibility index (Phi) is 8.36. The maximum atomic E-state index is 14.1. The molecule has 43 heavy (non-hydrogen) atoms. The van der Waals surface area contributed by atoms with E-state index >= 15 is 0 Å². The Hall–Kier alpha value is -4.71. The Morgan fingerprint density at radius 3 is 2.19 bits per heavy atom. The third-order valence-corrected chi connectivity index (χ3v) is 7.87. The molecule has 0 radical (unpaired) electrons. The molecule has 3 N–H and O–H groups in total. The molecule has 2 atom stereocenters. The van der Waals surface area contributed by atoms with E-state index in [0.717, 1.165) is 61.3 Å². The van der Waals surface area contributed by atoms with Crippen molar-refractivity contribution in [2.24, 2.45) is 0 Å². The summed E-state index contributed by atoms with van der Waals surface area (Å²) in [6, 6.07) is 25.4. The summed E-state index contributed by atoms with van der Waals surface area (Å²) in [5.74, 6) is 0.768. The highest BCUT2D eigenvalue weighted by Gasteiger charge is 2.21. The highest BCUT2D eigenvalue weighted by Crippen LogP contribution is 2.36. The second-order valence-electron chi connectivity index (χ2n) is 11.0. The number of hydrogen-bond donors (Lipinski definition) is 3. The molecule has 218 valence electrons. The topological polar surface area (TPSA) is 95.4 Å². The van der Waals surface area contributed by atoms with Crippen LogP contribution in [0.3, 0.4) is 0 Å². The number of hydrogen-bond acceptors (Lipinski definition) is 6. The van der Waals surface area contributed by atoms with E-state index in [1.54, 1.807) is 37.3 Å². The Morgan fingerprint density at radius 1 is 0.860 bits per heavy atom. The molecule has 8 heteroatoms. The lowest BCUT2D eigenvalue weighted by Crippen LogP contribution is -2.20. The fourth-order valence-corrected chi connectivity index (χ4v) is 5.52. The third kappa shape index (κ3) is 6.54. The van der Waals surface area contributed by atoms with Crippen LogP contribution in [-0.2, 0) is 0 Å². The van der Waals surface area contributed by atoms with Crippen molar-refractivity contribution in [2.45, 2.75) is 32.0 Å². The predicted molar refractivity (Wildman–Crippen MR) is 165 cm³/mol. The summed E-state index contributed by atoms with van der Waals surface area (Å²) in [5, 5.41) is 19.1. The summed E-state index contributed by atoms with van der Waals surface area (Å²) in [4.78, 5) is 13.6. The number of ether oxygens (including phenoxy) is 2. The summed E-state index contributed by atoms with van der Waals surface area (Å²) in [7, 11) is 0. The minimum absolute atomic E-state index is 0.0266. The van der Waals surface area contributed by atoms with Crippen LogP contribution in [0.1, 0.15) is 34.3 Å². The molecule has 0 aliphatic carbocycles. The SMILES string of the molecule is Cc1cc(-c2cc(C(=O)Nc3ccc(O[C@H]4CCNC4)c(-c4cccc(C#N)c4)c3)ccc2O[C@H]2CCNC2)ccc1F. The summed E-state index contributed by atoms with van der Waals surface area (Å²) in [6.45, 7) is 5.03. The minimum Gasteiger partial charge on any atom is -0.488 e. The van der Waals surface area contributed by atoms with Crippen LogP contribution in [0.25, 0.3) is 22.3 Å². The standard InChI is InChI=1S/C35H33FN4O3/c1-22-15-25(5-8-32(22)36)30-17-26(6-9-33(30)42-28-11-13-38-20-28)35(41)40-27-7-10-34(43-29-12-14-39-21-29)31(18-27)24-4-2-3-23(16-24)19-37/h2-10,15-18,28-29,38-39H,11-14,20-21H2,1H3,(H,40,41)/t28-,29-/m0/s1. The van der Waals surface area contributed by atoms with Crippen LogP contribution in [0.5, 0.6) is 11.5 Å². The molecule has 0 bridgehead atoms. The normalized spacial score (nSPS) is 17.8. The number of carbonyl (C=O) groups excluding carboxylic acids is 1. The number of nitrogens with one attached hydrogen (secondary N) is 3. The van der Waals surface area contributed by atoms with Crippen molar-refractivity contribution in [3.8, 4) is 39.8 Å². The average Bonchev–Trinajstić information content (AvgIpc) is 3.74. The lowest BCUT2D eigenvalue weighted by atomic mass is 9.99. The largest absolute Gasteiger partial charge is 0.488 e. The van der Waals surface area contributed by atoms with Crippen LogP contribution in [0, 0.1) is 24.1 Å². The van der Waals surface area contributed by atoms with Crippen molar-refractivity contribution in [1.82, 2.24) is 10.6 Å². The number of nitriles is 1. The van der Waals surface area contributed by atoms with Crippen molar-refractivity contribution >= 4 is 11.6 Å². The van der Waals surface area contributed by atoms with Gasteiger partial charge in [0.1, 0.15) is 29.5 Å². The van der Waals surface area contributed by atoms with E-state index in [1.165, 1.54) is 6.07 Å². The molecule has 4 aromatic carbocycles. The molecule has 2 heterocycles. The molecule has 4 aromatic rings. The Labute approximate surface area is 250 Å². The second kappa shape index (κ2) is 12.7. The Morgan fingerprint density at radius 2 is 1.53 bits per heavy atom. The lowest BCUT2D eigenvalue weighted by molar-refractivity contribution is 0.102. The molecule has 2 fully saturated rings. The molecular weight excluding hydrogens is 543 g/mol. The first-order valence-electron chi connectivity index (χ1n) is 14.6. The van der Waals surface area contributed by atoms with E-state index in [9.17, 15) is 14.4 Å². The van der Waals surface area contributed by atoms with E-state index in [-0.39, 0.29) is 23.9 Å². The molecule has 0 saturated carbocycles. The van der Waals surface area contributed by atoms with Gasteiger partial charge in [0.05, 0.1) is 11.6 Å². The van der Waals surface area contributed by atoms with Gasteiger partial charge in [-0.3, -0.25) is 4.79 Å². The summed E-state index contributed by atoms with van der Waals surface area (Å²) in [5.41, 5.74) is 5.22. The maximum Gasteiger partial charge on any atom is 0.255 e. The molecule has 7 nitrogen and oxygen atoms in total. The van der Waals surface area contributed by atoms with Crippen LogP contribution >= 0.6 is 0 Å². The zero-order chi connectivity index (χ0) is 29.8. The monoisotopic (exact) mass is 576 g/mol. The minimum atomic E-state index is -0.292. The van der Waals surface area contributed by atoms with Gasteiger partial charge in [-0.25, -0.2) is 4.39 Å². The number of aryl methyl sites for hydroxylation is 1. The van der Waals surface area contributed by atoms with Gasteiger partial charge in [-0.2, -0.15) is 5.26 Å². The Bertz CT molecular complexity index is 1690. The van der Waals surface area contributed by atoms with Crippen LogP contribution in [-0.4, -0.2) is 44.3 Å². The van der Waals surface area contributed by atoms with Gasteiger partial charge in [-0.05, 0) is 110 Å².